The third-order valence-electron chi connectivity index (χ3n) is 4.91. The Morgan fingerprint density at radius 3 is 2.27 bits per heavy atom. The molecule has 0 saturated carbocycles. The van der Waals surface area contributed by atoms with Crippen molar-refractivity contribution in [2.45, 2.75) is 39.7 Å². The van der Waals surface area contributed by atoms with E-state index in [1.165, 1.54) is 11.3 Å². The van der Waals surface area contributed by atoms with E-state index >= 15 is 0 Å². The van der Waals surface area contributed by atoms with Crippen LogP contribution in [0.15, 0.2) is 54.6 Å². The van der Waals surface area contributed by atoms with Crippen molar-refractivity contribution in [1.29, 1.82) is 0 Å². The highest BCUT2D eigenvalue weighted by Gasteiger charge is 2.25. The Hall–Kier alpha value is -3.26. The molecule has 7 nitrogen and oxygen atoms in total. The molecule has 174 valence electrons. The molecule has 1 aromatic heterocycles. The summed E-state index contributed by atoms with van der Waals surface area (Å²) in [5.41, 5.74) is 2.81. The van der Waals surface area contributed by atoms with Crippen molar-refractivity contribution in [2.24, 2.45) is 5.41 Å². The smallest absolute Gasteiger partial charge is 0.249 e. The van der Waals surface area contributed by atoms with Crippen LogP contribution in [0.25, 0.3) is 10.6 Å². The van der Waals surface area contributed by atoms with Gasteiger partial charge in [0.2, 0.25) is 16.9 Å². The number of nitrogens with one attached hydrogen (secondary N) is 2. The first-order valence-corrected chi connectivity index (χ1v) is 11.7. The van der Waals surface area contributed by atoms with Crippen LogP contribution in [0.4, 0.5) is 10.8 Å². The molecule has 2 N–H and O–H groups in total. The Balaban J connectivity index is 1.72. The number of carbonyl (C=O) groups is 2. The maximum atomic E-state index is 13.1. The average molecular weight is 466 g/mol. The first kappa shape index (κ1) is 24.4. The monoisotopic (exact) mass is 465 g/mol. The summed E-state index contributed by atoms with van der Waals surface area (Å²) in [6.45, 7) is 5.98. The molecule has 1 unspecified atom stereocenters. The van der Waals surface area contributed by atoms with Crippen molar-refractivity contribution in [2.75, 3.05) is 24.3 Å². The number of amides is 2. The van der Waals surface area contributed by atoms with Crippen molar-refractivity contribution in [3.05, 3.63) is 60.2 Å². The van der Waals surface area contributed by atoms with E-state index in [0.717, 1.165) is 16.8 Å². The fraction of sp³-hybridized carbons (Fsp3) is 0.360. The summed E-state index contributed by atoms with van der Waals surface area (Å²) >= 11 is 1.30. The van der Waals surface area contributed by atoms with Crippen LogP contribution in [0.5, 0.6) is 0 Å². The molecule has 2 aromatic carbocycles. The summed E-state index contributed by atoms with van der Waals surface area (Å²) in [6, 6.07) is 16.9. The highest BCUT2D eigenvalue weighted by Crippen LogP contribution is 2.28. The van der Waals surface area contributed by atoms with Gasteiger partial charge in [0.1, 0.15) is 11.0 Å². The molecule has 8 heteroatoms. The number of hydrogen-bond donors (Lipinski definition) is 2. The van der Waals surface area contributed by atoms with Gasteiger partial charge >= 0.3 is 0 Å². The minimum Gasteiger partial charge on any atom is -0.378 e. The molecule has 1 heterocycles. The van der Waals surface area contributed by atoms with Gasteiger partial charge in [-0.15, -0.1) is 10.2 Å². The Labute approximate surface area is 199 Å². The van der Waals surface area contributed by atoms with Crippen LogP contribution >= 0.6 is 11.3 Å². The minimum absolute atomic E-state index is 0.155. The van der Waals surface area contributed by atoms with Crippen LogP contribution in [0, 0.1) is 5.41 Å². The number of rotatable bonds is 8. The lowest BCUT2D eigenvalue weighted by Gasteiger charge is -2.22. The Morgan fingerprint density at radius 2 is 1.67 bits per heavy atom. The lowest BCUT2D eigenvalue weighted by molar-refractivity contribution is -0.127. The van der Waals surface area contributed by atoms with Gasteiger partial charge in [-0.2, -0.15) is 0 Å². The summed E-state index contributed by atoms with van der Waals surface area (Å²) in [4.78, 5) is 27.7. The average Bonchev–Trinajstić information content (AvgIpc) is 3.21. The number of benzene rings is 2. The molecular weight excluding hydrogens is 434 g/mol. The van der Waals surface area contributed by atoms with E-state index in [1.54, 1.807) is 0 Å². The van der Waals surface area contributed by atoms with Gasteiger partial charge in [-0.1, -0.05) is 62.4 Å². The highest BCUT2D eigenvalue weighted by atomic mass is 32.1. The summed E-state index contributed by atoms with van der Waals surface area (Å²) in [6.07, 6.45) is 0.720. The highest BCUT2D eigenvalue weighted by molar-refractivity contribution is 7.18. The molecule has 0 saturated heterocycles. The van der Waals surface area contributed by atoms with Crippen molar-refractivity contribution in [3.8, 4) is 10.6 Å². The first-order valence-electron chi connectivity index (χ1n) is 10.9. The van der Waals surface area contributed by atoms with E-state index in [-0.39, 0.29) is 17.2 Å². The van der Waals surface area contributed by atoms with Gasteiger partial charge in [-0.3, -0.25) is 14.9 Å². The molecule has 3 aromatic rings. The second-order valence-corrected chi connectivity index (χ2v) is 10.4. The van der Waals surface area contributed by atoms with Crippen LogP contribution in [0.2, 0.25) is 0 Å². The molecule has 33 heavy (non-hydrogen) atoms. The van der Waals surface area contributed by atoms with Crippen LogP contribution in [-0.4, -0.2) is 42.1 Å². The fourth-order valence-electron chi connectivity index (χ4n) is 3.27. The molecule has 0 fully saturated rings. The van der Waals surface area contributed by atoms with Crippen LogP contribution in [0.1, 0.15) is 32.8 Å². The second kappa shape index (κ2) is 10.6. The number of hydrogen-bond acceptors (Lipinski definition) is 6. The standard InChI is InChI=1S/C25H31N5O2S/c1-25(2,3)16-21(31)26-20(15-17-9-7-6-8-10-17)22(32)27-24-29-28-23(33-24)18-11-13-19(14-12-18)30(4)5/h6-14,20H,15-16H2,1-5H3,(H,26,31)(H,27,29,32). The van der Waals surface area contributed by atoms with E-state index < -0.39 is 6.04 Å². The van der Waals surface area contributed by atoms with Gasteiger partial charge < -0.3 is 10.2 Å². The largest absolute Gasteiger partial charge is 0.378 e. The second-order valence-electron chi connectivity index (χ2n) is 9.39. The molecule has 0 spiro atoms. The zero-order valence-corrected chi connectivity index (χ0v) is 20.6. The van der Waals surface area contributed by atoms with Gasteiger partial charge in [-0.25, -0.2) is 0 Å². The van der Waals surface area contributed by atoms with Crippen LogP contribution < -0.4 is 15.5 Å². The van der Waals surface area contributed by atoms with Gasteiger partial charge in [0.25, 0.3) is 0 Å². The lowest BCUT2D eigenvalue weighted by atomic mass is 9.91. The first-order chi connectivity index (χ1) is 15.6. The predicted octanol–water partition coefficient (Wildman–Crippen LogP) is 4.37. The third-order valence-corrected chi connectivity index (χ3v) is 5.80. The number of carbonyl (C=O) groups excluding carboxylic acids is 2. The number of nitrogens with zero attached hydrogens (tertiary/aromatic N) is 3. The van der Waals surface area contributed by atoms with Gasteiger partial charge in [0.15, 0.2) is 0 Å². The van der Waals surface area contributed by atoms with Gasteiger partial charge in [-0.05, 0) is 35.2 Å². The molecule has 0 aliphatic carbocycles. The fourth-order valence-corrected chi connectivity index (χ4v) is 4.02. The minimum atomic E-state index is -0.714. The summed E-state index contributed by atoms with van der Waals surface area (Å²) in [5, 5.41) is 15.2. The van der Waals surface area contributed by atoms with Crippen LogP contribution in [-0.2, 0) is 16.0 Å². The van der Waals surface area contributed by atoms with Crippen molar-refractivity contribution in [1.82, 2.24) is 15.5 Å². The van der Waals surface area contributed by atoms with E-state index in [2.05, 4.69) is 20.8 Å². The molecule has 0 bridgehead atoms. The molecule has 1 atom stereocenters. The van der Waals surface area contributed by atoms with E-state index in [9.17, 15) is 9.59 Å². The van der Waals surface area contributed by atoms with E-state index in [4.69, 9.17) is 0 Å². The Bertz CT molecular complexity index is 1070. The molecule has 3 rings (SSSR count). The normalized spacial score (nSPS) is 12.2. The summed E-state index contributed by atoms with van der Waals surface area (Å²) in [5.74, 6) is -0.468. The molecular formula is C25H31N5O2S. The Morgan fingerprint density at radius 1 is 1.00 bits per heavy atom. The topological polar surface area (TPSA) is 87.2 Å². The van der Waals surface area contributed by atoms with Crippen molar-refractivity contribution < 1.29 is 9.59 Å². The molecule has 0 radical (unpaired) electrons. The van der Waals surface area contributed by atoms with Crippen LogP contribution in [0.3, 0.4) is 0 Å². The number of aromatic nitrogens is 2. The zero-order valence-electron chi connectivity index (χ0n) is 19.8. The molecule has 0 aliphatic rings. The lowest BCUT2D eigenvalue weighted by Crippen LogP contribution is -2.46. The van der Waals surface area contributed by atoms with Gasteiger partial charge in [0, 0.05) is 38.2 Å². The summed E-state index contributed by atoms with van der Waals surface area (Å²) < 4.78 is 0. The van der Waals surface area contributed by atoms with Crippen molar-refractivity contribution in [3.63, 3.8) is 0 Å². The quantitative estimate of drug-likeness (QED) is 0.516. The molecule has 2 amide bonds. The third kappa shape index (κ3) is 7.39. The SMILES string of the molecule is CN(C)c1ccc(-c2nnc(NC(=O)C(Cc3ccccc3)NC(=O)CC(C)(C)C)s2)cc1. The number of anilines is 2. The summed E-state index contributed by atoms with van der Waals surface area (Å²) in [7, 11) is 3.97. The van der Waals surface area contributed by atoms with Gasteiger partial charge in [0.05, 0.1) is 0 Å². The Kier molecular flexibility index (Phi) is 7.81. The maximum absolute atomic E-state index is 13.1. The zero-order chi connectivity index (χ0) is 24.0. The maximum Gasteiger partial charge on any atom is 0.249 e. The predicted molar refractivity (Wildman–Crippen MR) is 134 cm³/mol. The molecule has 0 aliphatic heterocycles. The van der Waals surface area contributed by atoms with E-state index in [0.29, 0.717) is 23.0 Å². The van der Waals surface area contributed by atoms with Crippen molar-refractivity contribution >= 4 is 34.0 Å². The van der Waals surface area contributed by atoms with E-state index in [1.807, 2.05) is 94.4 Å².